The van der Waals surface area contributed by atoms with Crippen molar-refractivity contribution in [2.24, 2.45) is 0 Å². The number of ketones is 1. The summed E-state index contributed by atoms with van der Waals surface area (Å²) in [5, 5.41) is 0. The molecule has 0 bridgehead atoms. The molecule has 7 heteroatoms. The second-order valence-corrected chi connectivity index (χ2v) is 6.00. The zero-order valence-electron chi connectivity index (χ0n) is 13.5. The van der Waals surface area contributed by atoms with E-state index in [-0.39, 0.29) is 18.1 Å². The molecule has 1 heterocycles. The minimum absolute atomic E-state index is 0.0231. The van der Waals surface area contributed by atoms with Gasteiger partial charge in [-0.1, -0.05) is 6.07 Å². The van der Waals surface area contributed by atoms with E-state index in [1.54, 1.807) is 26.0 Å². The summed E-state index contributed by atoms with van der Waals surface area (Å²) in [7, 11) is 0. The van der Waals surface area contributed by atoms with E-state index in [0.29, 0.717) is 17.1 Å². The smallest absolute Gasteiger partial charge is 0.416 e. The fraction of sp³-hybridized carbons (Fsp3) is 0.278. The molecule has 2 aromatic rings. The molecule has 0 saturated heterocycles. The van der Waals surface area contributed by atoms with Gasteiger partial charge in [0.15, 0.2) is 23.9 Å². The van der Waals surface area contributed by atoms with Gasteiger partial charge in [-0.05, 0) is 36.4 Å². The zero-order chi connectivity index (χ0) is 18.2. The molecular weight excluding hydrogens is 337 g/mol. The van der Waals surface area contributed by atoms with Crippen molar-refractivity contribution >= 4 is 5.78 Å². The molecule has 0 N–H and O–H groups in total. The Morgan fingerprint density at radius 1 is 1.08 bits per heavy atom. The number of hydrogen-bond acceptors (Lipinski definition) is 4. The number of carbonyl (C=O) groups is 1. The van der Waals surface area contributed by atoms with Gasteiger partial charge in [-0.15, -0.1) is 0 Å². The summed E-state index contributed by atoms with van der Waals surface area (Å²) in [5.74, 6) is -0.243. The van der Waals surface area contributed by atoms with Crippen molar-refractivity contribution in [2.45, 2.75) is 25.8 Å². The molecule has 0 fully saturated rings. The van der Waals surface area contributed by atoms with Crippen LogP contribution in [0.2, 0.25) is 0 Å². The number of alkyl halides is 3. The van der Waals surface area contributed by atoms with Crippen LogP contribution in [-0.2, 0) is 6.18 Å². The normalized spacial score (nSPS) is 15.1. The Balaban J connectivity index is 1.68. The highest BCUT2D eigenvalue weighted by molar-refractivity contribution is 5.97. The van der Waals surface area contributed by atoms with Gasteiger partial charge in [0.05, 0.1) is 5.56 Å². The first kappa shape index (κ1) is 17.1. The fourth-order valence-corrected chi connectivity index (χ4v) is 2.39. The molecule has 0 aliphatic carbocycles. The quantitative estimate of drug-likeness (QED) is 0.762. The van der Waals surface area contributed by atoms with Crippen LogP contribution in [0.5, 0.6) is 17.2 Å². The van der Waals surface area contributed by atoms with Crippen LogP contribution in [0.3, 0.4) is 0 Å². The number of hydrogen-bond donors (Lipinski definition) is 0. The fourth-order valence-electron chi connectivity index (χ4n) is 2.39. The van der Waals surface area contributed by atoms with Crippen LogP contribution >= 0.6 is 0 Å². The lowest BCUT2D eigenvalue weighted by Gasteiger charge is -2.16. The lowest BCUT2D eigenvalue weighted by atomic mass is 10.1. The molecule has 0 radical (unpaired) electrons. The van der Waals surface area contributed by atoms with Gasteiger partial charge in [-0.3, -0.25) is 4.79 Å². The van der Waals surface area contributed by atoms with E-state index in [2.05, 4.69) is 0 Å². The maximum Gasteiger partial charge on any atom is 0.416 e. The number of Topliss-reactive ketones (excluding diaryl/α,β-unsaturated/α-hetero) is 1. The predicted molar refractivity (Wildman–Crippen MR) is 83.0 cm³/mol. The average molecular weight is 352 g/mol. The Morgan fingerprint density at radius 2 is 1.80 bits per heavy atom. The van der Waals surface area contributed by atoms with Crippen molar-refractivity contribution in [3.8, 4) is 17.2 Å². The molecule has 0 unspecified atom stereocenters. The molecule has 132 valence electrons. The van der Waals surface area contributed by atoms with Gasteiger partial charge in [0.25, 0.3) is 0 Å². The first-order valence-corrected chi connectivity index (χ1v) is 7.49. The van der Waals surface area contributed by atoms with Crippen LogP contribution in [0.4, 0.5) is 13.2 Å². The van der Waals surface area contributed by atoms with Crippen LogP contribution in [-0.4, -0.2) is 18.2 Å². The molecule has 0 amide bonds. The average Bonchev–Trinajstić information content (AvgIpc) is 2.84. The van der Waals surface area contributed by atoms with Crippen LogP contribution in [0, 0.1) is 0 Å². The molecule has 1 aliphatic rings. The molecule has 0 aromatic heterocycles. The van der Waals surface area contributed by atoms with E-state index in [4.69, 9.17) is 14.2 Å². The topological polar surface area (TPSA) is 44.8 Å². The summed E-state index contributed by atoms with van der Waals surface area (Å²) in [4.78, 5) is 12.2. The standard InChI is InChI=1S/C18H15F3O4/c1-17(2)24-15-7-6-11(8-16(15)25-17)14(22)10-23-13-5-3-4-12(9-13)18(19,20)21/h3-9H,10H2,1-2H3. The van der Waals surface area contributed by atoms with Gasteiger partial charge in [0, 0.05) is 19.4 Å². The number of carbonyl (C=O) groups excluding carboxylic acids is 1. The minimum Gasteiger partial charge on any atom is -0.485 e. The lowest BCUT2D eigenvalue weighted by Crippen LogP contribution is -2.29. The maximum atomic E-state index is 12.7. The highest BCUT2D eigenvalue weighted by Gasteiger charge is 2.32. The van der Waals surface area contributed by atoms with Crippen LogP contribution in [0.1, 0.15) is 29.8 Å². The first-order chi connectivity index (χ1) is 11.6. The van der Waals surface area contributed by atoms with E-state index >= 15 is 0 Å². The molecule has 0 saturated carbocycles. The Labute approximate surface area is 142 Å². The maximum absolute atomic E-state index is 12.7. The van der Waals surface area contributed by atoms with Crippen LogP contribution < -0.4 is 14.2 Å². The van der Waals surface area contributed by atoms with Crippen LogP contribution in [0.25, 0.3) is 0 Å². The zero-order valence-corrected chi connectivity index (χ0v) is 13.5. The molecule has 0 spiro atoms. The van der Waals surface area contributed by atoms with Crippen molar-refractivity contribution in [2.75, 3.05) is 6.61 Å². The van der Waals surface area contributed by atoms with Crippen molar-refractivity contribution in [3.05, 3.63) is 53.6 Å². The second kappa shape index (κ2) is 5.98. The van der Waals surface area contributed by atoms with Crippen molar-refractivity contribution in [3.63, 3.8) is 0 Å². The second-order valence-electron chi connectivity index (χ2n) is 6.00. The number of halogens is 3. The molecule has 25 heavy (non-hydrogen) atoms. The SMILES string of the molecule is CC1(C)Oc2ccc(C(=O)COc3cccc(C(F)(F)F)c3)cc2O1. The lowest BCUT2D eigenvalue weighted by molar-refractivity contribution is -0.137. The van der Waals surface area contributed by atoms with E-state index in [0.717, 1.165) is 12.1 Å². The van der Waals surface area contributed by atoms with Crippen molar-refractivity contribution in [1.29, 1.82) is 0 Å². The van der Waals surface area contributed by atoms with E-state index in [1.165, 1.54) is 18.2 Å². The number of rotatable bonds is 4. The number of ether oxygens (including phenoxy) is 3. The Bertz CT molecular complexity index is 812. The van der Waals surface area contributed by atoms with Gasteiger partial charge in [0.1, 0.15) is 5.75 Å². The molecule has 3 rings (SSSR count). The number of benzene rings is 2. The third kappa shape index (κ3) is 3.87. The molecule has 2 aromatic carbocycles. The Hall–Kier alpha value is -2.70. The van der Waals surface area contributed by atoms with E-state index < -0.39 is 17.5 Å². The molecule has 4 nitrogen and oxygen atoms in total. The monoisotopic (exact) mass is 352 g/mol. The Morgan fingerprint density at radius 3 is 2.52 bits per heavy atom. The summed E-state index contributed by atoms with van der Waals surface area (Å²) in [6.07, 6.45) is -4.46. The Kier molecular flexibility index (Phi) is 4.10. The number of fused-ring (bicyclic) bond motifs is 1. The molecule has 0 atom stereocenters. The van der Waals surface area contributed by atoms with Crippen molar-refractivity contribution in [1.82, 2.24) is 0 Å². The summed E-state index contributed by atoms with van der Waals surface area (Å²) < 4.78 is 54.3. The summed E-state index contributed by atoms with van der Waals surface area (Å²) in [6.45, 7) is 3.10. The highest BCUT2D eigenvalue weighted by atomic mass is 19.4. The third-order valence-electron chi connectivity index (χ3n) is 3.51. The highest BCUT2D eigenvalue weighted by Crippen LogP contribution is 2.39. The summed E-state index contributed by atoms with van der Waals surface area (Å²) in [5.41, 5.74) is -0.505. The third-order valence-corrected chi connectivity index (χ3v) is 3.51. The van der Waals surface area contributed by atoms with Crippen LogP contribution in [0.15, 0.2) is 42.5 Å². The molecular formula is C18H15F3O4. The van der Waals surface area contributed by atoms with E-state index in [9.17, 15) is 18.0 Å². The van der Waals surface area contributed by atoms with Gasteiger partial charge >= 0.3 is 6.18 Å². The summed E-state index contributed by atoms with van der Waals surface area (Å²) in [6, 6.07) is 9.09. The van der Waals surface area contributed by atoms with Gasteiger partial charge in [0.2, 0.25) is 5.79 Å². The molecule has 1 aliphatic heterocycles. The minimum atomic E-state index is -4.46. The van der Waals surface area contributed by atoms with E-state index in [1.807, 2.05) is 0 Å². The predicted octanol–water partition coefficient (Wildman–Crippen LogP) is 4.47. The van der Waals surface area contributed by atoms with Gasteiger partial charge < -0.3 is 14.2 Å². The summed E-state index contributed by atoms with van der Waals surface area (Å²) >= 11 is 0. The van der Waals surface area contributed by atoms with Gasteiger partial charge in [-0.2, -0.15) is 13.2 Å². The van der Waals surface area contributed by atoms with Gasteiger partial charge in [-0.25, -0.2) is 0 Å². The van der Waals surface area contributed by atoms with Crippen molar-refractivity contribution < 1.29 is 32.2 Å². The first-order valence-electron chi connectivity index (χ1n) is 7.49. The largest absolute Gasteiger partial charge is 0.485 e.